The monoisotopic (exact) mass is 271 g/mol. The molecule has 0 amide bonds. The van der Waals surface area contributed by atoms with Gasteiger partial charge in [-0.3, -0.25) is 4.40 Å². The minimum Gasteiger partial charge on any atom is -0.396 e. The Balaban J connectivity index is 2.16. The minimum atomic E-state index is 0.248. The summed E-state index contributed by atoms with van der Waals surface area (Å²) in [6.07, 6.45) is 2.88. The summed E-state index contributed by atoms with van der Waals surface area (Å²) in [4.78, 5) is 5.67. The van der Waals surface area contributed by atoms with Crippen LogP contribution in [0, 0.1) is 0 Å². The van der Waals surface area contributed by atoms with Gasteiger partial charge in [-0.1, -0.05) is 6.92 Å². The van der Waals surface area contributed by atoms with Gasteiger partial charge < -0.3 is 10.4 Å². The van der Waals surface area contributed by atoms with Crippen LogP contribution in [0.25, 0.3) is 4.96 Å². The van der Waals surface area contributed by atoms with Crippen molar-refractivity contribution in [2.75, 3.05) is 18.9 Å². The molecule has 4 nitrogen and oxygen atoms in total. The molecule has 0 aromatic carbocycles. The zero-order valence-electron chi connectivity index (χ0n) is 9.85. The van der Waals surface area contributed by atoms with E-state index in [1.807, 2.05) is 0 Å². The summed E-state index contributed by atoms with van der Waals surface area (Å²) < 4.78 is 2.15. The highest BCUT2D eigenvalue weighted by Crippen LogP contribution is 2.26. The van der Waals surface area contributed by atoms with Gasteiger partial charge in [0, 0.05) is 30.5 Å². The predicted molar refractivity (Wildman–Crippen MR) is 72.9 cm³/mol. The van der Waals surface area contributed by atoms with Gasteiger partial charge >= 0.3 is 0 Å². The van der Waals surface area contributed by atoms with Gasteiger partial charge in [-0.15, -0.1) is 23.1 Å². The highest BCUT2D eigenvalue weighted by molar-refractivity contribution is 7.99. The number of hydrogen-bond donors (Lipinski definition) is 2. The Hall–Kier alpha value is -0.560. The van der Waals surface area contributed by atoms with E-state index in [2.05, 4.69) is 33.2 Å². The van der Waals surface area contributed by atoms with Crippen LogP contribution in [0.5, 0.6) is 0 Å². The fourth-order valence-electron chi connectivity index (χ4n) is 1.57. The molecule has 2 aromatic rings. The Morgan fingerprint density at radius 2 is 2.47 bits per heavy atom. The number of thiazole rings is 1. The lowest BCUT2D eigenvalue weighted by atomic mass is 10.4. The number of fused-ring (bicyclic) bond motifs is 1. The molecule has 0 unspecified atom stereocenters. The minimum absolute atomic E-state index is 0.248. The Kier molecular flexibility index (Phi) is 4.85. The molecule has 0 aliphatic rings. The van der Waals surface area contributed by atoms with Crippen LogP contribution in [-0.4, -0.2) is 33.4 Å². The van der Waals surface area contributed by atoms with Crippen molar-refractivity contribution in [3.63, 3.8) is 0 Å². The first-order chi connectivity index (χ1) is 8.36. The summed E-state index contributed by atoms with van der Waals surface area (Å²) >= 11 is 3.38. The van der Waals surface area contributed by atoms with Crippen molar-refractivity contribution in [1.29, 1.82) is 0 Å². The van der Waals surface area contributed by atoms with Crippen LogP contribution in [-0.2, 0) is 6.54 Å². The van der Waals surface area contributed by atoms with Crippen molar-refractivity contribution in [2.24, 2.45) is 0 Å². The van der Waals surface area contributed by atoms with Crippen molar-refractivity contribution in [3.8, 4) is 0 Å². The van der Waals surface area contributed by atoms with Gasteiger partial charge in [0.2, 0.25) is 0 Å². The van der Waals surface area contributed by atoms with Gasteiger partial charge in [0.05, 0.1) is 5.69 Å². The number of rotatable bonds is 7. The summed E-state index contributed by atoms with van der Waals surface area (Å²) in [5, 5.41) is 15.3. The van der Waals surface area contributed by atoms with Gasteiger partial charge in [-0.05, 0) is 13.0 Å². The number of aromatic nitrogens is 2. The van der Waals surface area contributed by atoms with E-state index in [1.165, 1.54) is 5.69 Å². The fourth-order valence-corrected chi connectivity index (χ4v) is 3.31. The predicted octanol–water partition coefficient (Wildman–Crippen LogP) is 1.98. The Labute approximate surface area is 109 Å². The number of thioether (sulfide) groups is 1. The maximum Gasteiger partial charge on any atom is 0.194 e. The average Bonchev–Trinajstić information content (AvgIpc) is 2.88. The first kappa shape index (κ1) is 12.9. The summed E-state index contributed by atoms with van der Waals surface area (Å²) in [5.41, 5.74) is 1.23. The van der Waals surface area contributed by atoms with Crippen molar-refractivity contribution in [3.05, 3.63) is 17.3 Å². The number of imidazole rings is 1. The van der Waals surface area contributed by atoms with Crippen molar-refractivity contribution < 1.29 is 5.11 Å². The van der Waals surface area contributed by atoms with E-state index >= 15 is 0 Å². The number of nitrogens with zero attached hydrogens (tertiary/aromatic N) is 2. The van der Waals surface area contributed by atoms with Crippen LogP contribution >= 0.6 is 23.1 Å². The highest BCUT2D eigenvalue weighted by atomic mass is 32.2. The molecular formula is C11H17N3OS2. The Morgan fingerprint density at radius 3 is 3.24 bits per heavy atom. The summed E-state index contributed by atoms with van der Waals surface area (Å²) in [5.74, 6) is 0.917. The van der Waals surface area contributed by atoms with Crippen LogP contribution in [0.2, 0.25) is 0 Å². The molecule has 0 spiro atoms. The zero-order valence-corrected chi connectivity index (χ0v) is 11.5. The van der Waals surface area contributed by atoms with E-state index in [-0.39, 0.29) is 6.61 Å². The first-order valence-electron chi connectivity index (χ1n) is 5.75. The third-order valence-electron chi connectivity index (χ3n) is 2.41. The molecule has 2 heterocycles. The van der Waals surface area contributed by atoms with Crippen LogP contribution < -0.4 is 5.32 Å². The maximum absolute atomic E-state index is 8.81. The molecule has 0 aliphatic carbocycles. The molecule has 94 valence electrons. The molecule has 2 N–H and O–H groups in total. The second-order valence-electron chi connectivity index (χ2n) is 3.63. The van der Waals surface area contributed by atoms with Gasteiger partial charge in [0.25, 0.3) is 0 Å². The fraction of sp³-hybridized carbons (Fsp3) is 0.545. The van der Waals surface area contributed by atoms with E-state index in [0.717, 1.165) is 35.3 Å². The van der Waals surface area contributed by atoms with E-state index < -0.39 is 0 Å². The number of aliphatic hydroxyl groups is 1. The second kappa shape index (κ2) is 6.39. The van der Waals surface area contributed by atoms with Crippen molar-refractivity contribution >= 4 is 28.1 Å². The molecule has 0 radical (unpaired) electrons. The molecule has 0 saturated carbocycles. The Morgan fingerprint density at radius 1 is 1.59 bits per heavy atom. The Bertz CT molecular complexity index is 466. The molecule has 0 fully saturated rings. The number of aliphatic hydroxyl groups excluding tert-OH is 1. The highest BCUT2D eigenvalue weighted by Gasteiger charge is 2.12. The average molecular weight is 271 g/mol. The van der Waals surface area contributed by atoms with Gasteiger partial charge in [-0.2, -0.15) is 0 Å². The first-order valence-corrected chi connectivity index (χ1v) is 7.62. The van der Waals surface area contributed by atoms with Gasteiger partial charge in [0.15, 0.2) is 4.96 Å². The topological polar surface area (TPSA) is 49.6 Å². The number of nitrogens with one attached hydrogen (secondary N) is 1. The van der Waals surface area contributed by atoms with E-state index in [9.17, 15) is 0 Å². The standard InChI is InChI=1S/C11H17N3OS2/c1-2-12-8-9-10(16-6-3-5-15)13-11-14(9)4-7-17-11/h4,7,12,15H,2-3,5-6,8H2,1H3. The quantitative estimate of drug-likeness (QED) is 0.597. The lowest BCUT2D eigenvalue weighted by molar-refractivity contribution is 0.296. The van der Waals surface area contributed by atoms with Gasteiger partial charge in [0.1, 0.15) is 5.03 Å². The molecule has 6 heteroatoms. The smallest absolute Gasteiger partial charge is 0.194 e. The summed E-state index contributed by atoms with van der Waals surface area (Å²) in [7, 11) is 0. The van der Waals surface area contributed by atoms with E-state index in [1.54, 1.807) is 23.1 Å². The summed E-state index contributed by atoms with van der Waals surface area (Å²) in [6, 6.07) is 0. The second-order valence-corrected chi connectivity index (χ2v) is 5.58. The van der Waals surface area contributed by atoms with E-state index in [4.69, 9.17) is 5.11 Å². The molecule has 17 heavy (non-hydrogen) atoms. The molecule has 0 bridgehead atoms. The normalized spacial score (nSPS) is 11.4. The van der Waals surface area contributed by atoms with Gasteiger partial charge in [-0.25, -0.2) is 4.98 Å². The third kappa shape index (κ3) is 3.01. The third-order valence-corrected chi connectivity index (χ3v) is 4.26. The molecule has 0 saturated heterocycles. The molecule has 0 aliphatic heterocycles. The van der Waals surface area contributed by atoms with Crippen molar-refractivity contribution in [2.45, 2.75) is 24.9 Å². The lowest BCUT2D eigenvalue weighted by Gasteiger charge is -2.04. The molecule has 2 rings (SSSR count). The largest absolute Gasteiger partial charge is 0.396 e. The van der Waals surface area contributed by atoms with Crippen molar-refractivity contribution in [1.82, 2.24) is 14.7 Å². The van der Waals surface area contributed by atoms with E-state index in [0.29, 0.717) is 0 Å². The SMILES string of the molecule is CCNCc1c(SCCCO)nc2sccn12. The lowest BCUT2D eigenvalue weighted by Crippen LogP contribution is -2.13. The molecule has 2 aromatic heterocycles. The maximum atomic E-state index is 8.81. The van der Waals surface area contributed by atoms with Crippen LogP contribution in [0.1, 0.15) is 19.0 Å². The number of hydrogen-bond acceptors (Lipinski definition) is 5. The molecule has 0 atom stereocenters. The van der Waals surface area contributed by atoms with Crippen LogP contribution in [0.15, 0.2) is 16.6 Å². The molecular weight excluding hydrogens is 254 g/mol. The zero-order chi connectivity index (χ0) is 12.1. The van der Waals surface area contributed by atoms with Crippen LogP contribution in [0.3, 0.4) is 0 Å². The summed E-state index contributed by atoms with van der Waals surface area (Å²) in [6.45, 7) is 4.15. The van der Waals surface area contributed by atoms with Crippen LogP contribution in [0.4, 0.5) is 0 Å².